The Morgan fingerprint density at radius 3 is 2.79 bits per heavy atom. The second-order valence-electron chi connectivity index (χ2n) is 5.42. The average Bonchev–Trinajstić information content (AvgIpc) is 3.28. The molecule has 3 N–H and O–H groups in total. The summed E-state index contributed by atoms with van der Waals surface area (Å²) in [4.78, 5) is 11.3. The van der Waals surface area contributed by atoms with E-state index in [0.29, 0.717) is 18.4 Å². The van der Waals surface area contributed by atoms with Crippen molar-refractivity contribution in [3.8, 4) is 0 Å². The van der Waals surface area contributed by atoms with Crippen molar-refractivity contribution in [2.45, 2.75) is 61.4 Å². The van der Waals surface area contributed by atoms with Gasteiger partial charge >= 0.3 is 0 Å². The molecule has 1 atom stereocenters. The third-order valence-corrected chi connectivity index (χ3v) is 4.54. The van der Waals surface area contributed by atoms with Gasteiger partial charge in [-0.25, -0.2) is 5.84 Å². The highest BCUT2D eigenvalue weighted by Crippen LogP contribution is 2.46. The van der Waals surface area contributed by atoms with Gasteiger partial charge in [-0.15, -0.1) is 10.2 Å². The van der Waals surface area contributed by atoms with Gasteiger partial charge < -0.3 is 4.57 Å². The van der Waals surface area contributed by atoms with Crippen LogP contribution in [-0.4, -0.2) is 25.9 Å². The van der Waals surface area contributed by atoms with Crippen LogP contribution >= 0.6 is 11.8 Å². The number of nitrogens with zero attached hydrogens (tertiary/aromatic N) is 3. The Balaban J connectivity index is 1.71. The quantitative estimate of drug-likeness (QED) is 0.356. The van der Waals surface area contributed by atoms with Gasteiger partial charge in [0.2, 0.25) is 5.91 Å². The summed E-state index contributed by atoms with van der Waals surface area (Å²) in [5.74, 6) is 6.74. The minimum atomic E-state index is -0.139. The van der Waals surface area contributed by atoms with E-state index in [1.807, 2.05) is 6.92 Å². The van der Waals surface area contributed by atoms with Crippen molar-refractivity contribution >= 4 is 17.7 Å². The zero-order valence-electron chi connectivity index (χ0n) is 11.0. The Morgan fingerprint density at radius 1 is 1.47 bits per heavy atom. The fourth-order valence-electron chi connectivity index (χ4n) is 2.21. The number of amides is 1. The molecule has 2 fully saturated rings. The van der Waals surface area contributed by atoms with Gasteiger partial charge in [0.1, 0.15) is 5.82 Å². The number of rotatable bonds is 6. The lowest BCUT2D eigenvalue weighted by Crippen LogP contribution is -2.31. The van der Waals surface area contributed by atoms with Crippen LogP contribution in [0.25, 0.3) is 0 Å². The summed E-state index contributed by atoms with van der Waals surface area (Å²) >= 11 is 1.62. The van der Waals surface area contributed by atoms with E-state index in [1.54, 1.807) is 11.8 Å². The average molecular weight is 281 g/mol. The second kappa shape index (κ2) is 5.13. The van der Waals surface area contributed by atoms with E-state index in [4.69, 9.17) is 5.84 Å². The molecule has 0 spiro atoms. The van der Waals surface area contributed by atoms with E-state index >= 15 is 0 Å². The van der Waals surface area contributed by atoms with Crippen molar-refractivity contribution in [1.82, 2.24) is 20.2 Å². The van der Waals surface area contributed by atoms with Crippen molar-refractivity contribution in [1.29, 1.82) is 0 Å². The lowest BCUT2D eigenvalue weighted by Gasteiger charge is -2.12. The number of aromatic nitrogens is 3. The third kappa shape index (κ3) is 2.92. The molecule has 0 aromatic carbocycles. The molecule has 2 aliphatic carbocycles. The number of carbonyl (C=O) groups excluding carboxylic acids is 1. The number of thioether (sulfide) groups is 1. The Morgan fingerprint density at radius 2 is 2.21 bits per heavy atom. The summed E-state index contributed by atoms with van der Waals surface area (Å²) in [6.07, 6.45) is 5.32. The topological polar surface area (TPSA) is 85.8 Å². The predicted octanol–water partition coefficient (Wildman–Crippen LogP) is 1.35. The van der Waals surface area contributed by atoms with E-state index in [9.17, 15) is 4.79 Å². The SMILES string of the molecule is CC(CC(=O)NN)Sc1nnc(C2CC2)n1C1CC1. The first-order chi connectivity index (χ1) is 9.19. The molecule has 0 aliphatic heterocycles. The van der Waals surface area contributed by atoms with Gasteiger partial charge in [0.15, 0.2) is 5.16 Å². The monoisotopic (exact) mass is 281 g/mol. The first kappa shape index (κ1) is 12.9. The van der Waals surface area contributed by atoms with Crippen LogP contribution in [0.5, 0.6) is 0 Å². The van der Waals surface area contributed by atoms with Crippen LogP contribution in [0.4, 0.5) is 0 Å². The summed E-state index contributed by atoms with van der Waals surface area (Å²) in [5.41, 5.74) is 2.17. The molecular weight excluding hydrogens is 262 g/mol. The molecule has 0 bridgehead atoms. The number of hydrogen-bond donors (Lipinski definition) is 2. The number of hydrogen-bond acceptors (Lipinski definition) is 5. The van der Waals surface area contributed by atoms with Crippen molar-refractivity contribution < 1.29 is 4.79 Å². The molecule has 1 heterocycles. The zero-order valence-corrected chi connectivity index (χ0v) is 11.8. The first-order valence-electron chi connectivity index (χ1n) is 6.80. The Bertz CT molecular complexity index is 480. The standard InChI is InChI=1S/C12H19N5OS/c1-7(6-10(18)14-13)19-12-16-15-11(8-2-3-8)17(12)9-4-5-9/h7-9H,2-6,13H2,1H3,(H,14,18). The van der Waals surface area contributed by atoms with Gasteiger partial charge in [-0.1, -0.05) is 18.7 Å². The molecule has 1 amide bonds. The number of carbonyl (C=O) groups is 1. The third-order valence-electron chi connectivity index (χ3n) is 3.49. The molecule has 3 rings (SSSR count). The maximum atomic E-state index is 11.3. The van der Waals surface area contributed by atoms with E-state index in [1.165, 1.54) is 25.7 Å². The molecule has 1 aromatic rings. The molecular formula is C12H19N5OS. The molecule has 0 radical (unpaired) electrons. The lowest BCUT2D eigenvalue weighted by molar-refractivity contribution is -0.121. The highest BCUT2D eigenvalue weighted by atomic mass is 32.2. The van der Waals surface area contributed by atoms with E-state index in [-0.39, 0.29) is 11.2 Å². The molecule has 1 unspecified atom stereocenters. The van der Waals surface area contributed by atoms with Gasteiger partial charge in [-0.05, 0) is 25.7 Å². The van der Waals surface area contributed by atoms with Crippen molar-refractivity contribution in [2.75, 3.05) is 0 Å². The summed E-state index contributed by atoms with van der Waals surface area (Å²) < 4.78 is 2.30. The van der Waals surface area contributed by atoms with Crippen LogP contribution in [0.3, 0.4) is 0 Å². The molecule has 0 saturated heterocycles. The minimum Gasteiger partial charge on any atom is -0.303 e. The Labute approximate surface area is 116 Å². The van der Waals surface area contributed by atoms with Gasteiger partial charge in [0, 0.05) is 23.6 Å². The van der Waals surface area contributed by atoms with E-state index in [0.717, 1.165) is 11.0 Å². The number of nitrogens with one attached hydrogen (secondary N) is 1. The zero-order chi connectivity index (χ0) is 13.4. The van der Waals surface area contributed by atoms with Crippen LogP contribution in [0, 0.1) is 0 Å². The molecule has 7 heteroatoms. The van der Waals surface area contributed by atoms with Gasteiger partial charge in [-0.2, -0.15) is 0 Å². The number of nitrogens with two attached hydrogens (primary N) is 1. The van der Waals surface area contributed by atoms with Crippen molar-refractivity contribution in [3.63, 3.8) is 0 Å². The number of hydrazine groups is 1. The highest BCUT2D eigenvalue weighted by Gasteiger charge is 2.36. The van der Waals surface area contributed by atoms with Gasteiger partial charge in [0.25, 0.3) is 0 Å². The van der Waals surface area contributed by atoms with Crippen molar-refractivity contribution in [2.24, 2.45) is 5.84 Å². The molecule has 6 nitrogen and oxygen atoms in total. The van der Waals surface area contributed by atoms with Gasteiger partial charge in [-0.3, -0.25) is 10.2 Å². The van der Waals surface area contributed by atoms with Crippen molar-refractivity contribution in [3.05, 3.63) is 5.82 Å². The first-order valence-corrected chi connectivity index (χ1v) is 7.68. The van der Waals surface area contributed by atoms with E-state index in [2.05, 4.69) is 20.2 Å². The largest absolute Gasteiger partial charge is 0.303 e. The maximum absolute atomic E-state index is 11.3. The van der Waals surface area contributed by atoms with Crippen LogP contribution in [0.2, 0.25) is 0 Å². The summed E-state index contributed by atoms with van der Waals surface area (Å²) in [6, 6.07) is 0.587. The fourth-order valence-corrected chi connectivity index (χ4v) is 3.24. The summed E-state index contributed by atoms with van der Waals surface area (Å²) in [5, 5.41) is 9.79. The minimum absolute atomic E-state index is 0.139. The van der Waals surface area contributed by atoms with Crippen LogP contribution < -0.4 is 11.3 Å². The summed E-state index contributed by atoms with van der Waals surface area (Å²) in [7, 11) is 0. The molecule has 2 saturated carbocycles. The van der Waals surface area contributed by atoms with Crippen LogP contribution in [-0.2, 0) is 4.79 Å². The van der Waals surface area contributed by atoms with Gasteiger partial charge in [0.05, 0.1) is 0 Å². The predicted molar refractivity (Wildman–Crippen MR) is 72.5 cm³/mol. The smallest absolute Gasteiger partial charge is 0.234 e. The second-order valence-corrected chi connectivity index (χ2v) is 6.82. The Kier molecular flexibility index (Phi) is 3.49. The van der Waals surface area contributed by atoms with Crippen LogP contribution in [0.15, 0.2) is 5.16 Å². The maximum Gasteiger partial charge on any atom is 0.234 e. The molecule has 19 heavy (non-hydrogen) atoms. The molecule has 104 valence electrons. The van der Waals surface area contributed by atoms with E-state index < -0.39 is 0 Å². The lowest BCUT2D eigenvalue weighted by atomic mass is 10.3. The fraction of sp³-hybridized carbons (Fsp3) is 0.750. The highest BCUT2D eigenvalue weighted by molar-refractivity contribution is 7.99. The normalized spacial score (nSPS) is 20.3. The van der Waals surface area contributed by atoms with Crippen LogP contribution in [0.1, 0.15) is 56.8 Å². The molecule has 2 aliphatic rings. The summed E-state index contributed by atoms with van der Waals surface area (Å²) in [6.45, 7) is 2.02. The Hall–Kier alpha value is -1.08. The molecule has 1 aromatic heterocycles.